The van der Waals surface area contributed by atoms with Crippen molar-refractivity contribution in [1.29, 1.82) is 0 Å². The van der Waals surface area contributed by atoms with Gasteiger partial charge in [-0.2, -0.15) is 23.5 Å². The van der Waals surface area contributed by atoms with Crippen LogP contribution in [0.5, 0.6) is 5.75 Å². The highest BCUT2D eigenvalue weighted by molar-refractivity contribution is 7.98. The van der Waals surface area contributed by atoms with Crippen molar-refractivity contribution in [3.05, 3.63) is 29.8 Å². The quantitative estimate of drug-likeness (QED) is 0.140. The van der Waals surface area contributed by atoms with Crippen LogP contribution in [0.25, 0.3) is 0 Å². The van der Waals surface area contributed by atoms with E-state index in [1.54, 1.807) is 19.1 Å². The summed E-state index contributed by atoms with van der Waals surface area (Å²) in [7, 11) is 0. The van der Waals surface area contributed by atoms with Gasteiger partial charge in [0, 0.05) is 19.5 Å². The van der Waals surface area contributed by atoms with E-state index < -0.39 is 114 Å². The molecule has 1 aromatic carbocycles. The maximum Gasteiger partial charge on any atom is 0.245 e. The highest BCUT2D eigenvalue weighted by Gasteiger charge is 2.42. The Hall–Kier alpha value is -5.05. The molecule has 3 saturated heterocycles. The lowest BCUT2D eigenvalue weighted by molar-refractivity contribution is -0.144. The molecule has 0 unspecified atom stereocenters. The summed E-state index contributed by atoms with van der Waals surface area (Å²) in [6.45, 7) is 6.77. The highest BCUT2D eigenvalue weighted by atomic mass is 32.2. The Labute approximate surface area is 396 Å². The van der Waals surface area contributed by atoms with Crippen LogP contribution in [-0.4, -0.2) is 161 Å². The zero-order chi connectivity index (χ0) is 48.5. The van der Waals surface area contributed by atoms with Crippen molar-refractivity contribution < 1.29 is 48.3 Å². The molecule has 19 nitrogen and oxygen atoms in total. The summed E-state index contributed by atoms with van der Waals surface area (Å²) < 4.78 is 0. The third-order valence-corrected chi connectivity index (χ3v) is 13.4. The Morgan fingerprint density at radius 1 is 0.621 bits per heavy atom. The van der Waals surface area contributed by atoms with Gasteiger partial charge in [-0.15, -0.1) is 0 Å². The number of fused-ring (bicyclic) bond motifs is 2. The molecular weight excluding hydrogens is 891 g/mol. The van der Waals surface area contributed by atoms with Gasteiger partial charge < -0.3 is 52.1 Å². The summed E-state index contributed by atoms with van der Waals surface area (Å²) in [5, 5.41) is 29.0. The van der Waals surface area contributed by atoms with Crippen molar-refractivity contribution in [2.75, 3.05) is 50.2 Å². The SMILES string of the molecule is CC[C@H](C)[C@@H]1NC(=O)CNC(=O)[C@H](CCSC)NC(=O)CNC(=O)[C@@H]2CCCN2C(=O)[C@H](CCSC)NC(=O)[C@@H]2CCCN2C(=O)[C@H](CC(C)C)NC(=O)[C@H](Cc2ccc(O)cc2)NC1=O. The van der Waals surface area contributed by atoms with Crippen LogP contribution in [0.4, 0.5) is 0 Å². The average molecular weight is 960 g/mol. The fourth-order valence-corrected chi connectivity index (χ4v) is 9.27. The molecule has 21 heteroatoms. The molecule has 3 aliphatic rings. The van der Waals surface area contributed by atoms with Gasteiger partial charge in [0.2, 0.25) is 53.2 Å². The molecule has 0 spiro atoms. The molecule has 8 atom stereocenters. The molecule has 0 radical (unpaired) electrons. The topological polar surface area (TPSA) is 265 Å². The molecule has 3 aliphatic heterocycles. The number of hydrogen-bond acceptors (Lipinski definition) is 12. The second kappa shape index (κ2) is 26.3. The van der Waals surface area contributed by atoms with Crippen LogP contribution < -0.4 is 37.2 Å². The normalized spacial score (nSPS) is 26.5. The van der Waals surface area contributed by atoms with Gasteiger partial charge in [-0.1, -0.05) is 46.2 Å². The summed E-state index contributed by atoms with van der Waals surface area (Å²) >= 11 is 2.92. The molecule has 3 heterocycles. The lowest BCUT2D eigenvalue weighted by Crippen LogP contribution is -2.60. The van der Waals surface area contributed by atoms with E-state index >= 15 is 0 Å². The molecule has 0 aromatic heterocycles. The smallest absolute Gasteiger partial charge is 0.245 e. The molecule has 4 rings (SSSR count). The molecule has 0 saturated carbocycles. The van der Waals surface area contributed by atoms with E-state index in [-0.39, 0.29) is 50.4 Å². The predicted octanol–water partition coefficient (Wildman–Crippen LogP) is 0.185. The van der Waals surface area contributed by atoms with E-state index in [4.69, 9.17) is 0 Å². The predicted molar refractivity (Wildman–Crippen MR) is 252 cm³/mol. The number of phenols is 1. The van der Waals surface area contributed by atoms with E-state index in [0.717, 1.165) is 0 Å². The number of carbonyl (C=O) groups excluding carboxylic acids is 9. The number of benzene rings is 1. The number of phenolic OH excluding ortho intramolecular Hbond substituents is 1. The average Bonchev–Trinajstić information content (AvgIpc) is 4.00. The van der Waals surface area contributed by atoms with Crippen molar-refractivity contribution in [3.63, 3.8) is 0 Å². The molecule has 366 valence electrons. The van der Waals surface area contributed by atoms with Crippen LogP contribution in [0.15, 0.2) is 24.3 Å². The number of thioether (sulfide) groups is 2. The molecule has 0 bridgehead atoms. The third kappa shape index (κ3) is 15.5. The number of aromatic hydroxyl groups is 1. The van der Waals surface area contributed by atoms with E-state index in [1.165, 1.54) is 45.5 Å². The lowest BCUT2D eigenvalue weighted by atomic mass is 9.96. The first-order chi connectivity index (χ1) is 31.5. The minimum Gasteiger partial charge on any atom is -0.508 e. The molecule has 8 N–H and O–H groups in total. The van der Waals surface area contributed by atoms with Crippen LogP contribution in [0, 0.1) is 11.8 Å². The summed E-state index contributed by atoms with van der Waals surface area (Å²) in [4.78, 5) is 128. The molecule has 66 heavy (non-hydrogen) atoms. The summed E-state index contributed by atoms with van der Waals surface area (Å²) in [6.07, 6.45) is 6.36. The Morgan fingerprint density at radius 3 is 1.71 bits per heavy atom. The monoisotopic (exact) mass is 959 g/mol. The number of nitrogens with zero attached hydrogens (tertiary/aromatic N) is 2. The molecular formula is C45H69N9O10S2. The van der Waals surface area contributed by atoms with Gasteiger partial charge in [-0.05, 0) is 98.5 Å². The van der Waals surface area contributed by atoms with E-state index in [2.05, 4.69) is 37.2 Å². The van der Waals surface area contributed by atoms with Crippen molar-refractivity contribution >= 4 is 76.7 Å². The minimum atomic E-state index is -1.27. The van der Waals surface area contributed by atoms with Crippen molar-refractivity contribution in [2.45, 2.75) is 128 Å². The van der Waals surface area contributed by atoms with Crippen LogP contribution in [-0.2, 0) is 49.6 Å². The van der Waals surface area contributed by atoms with Crippen LogP contribution in [0.3, 0.4) is 0 Å². The molecule has 9 amide bonds. The van der Waals surface area contributed by atoms with Gasteiger partial charge in [-0.3, -0.25) is 43.2 Å². The number of carbonyl (C=O) groups is 9. The number of hydrogen-bond donors (Lipinski definition) is 8. The minimum absolute atomic E-state index is 0.00816. The van der Waals surface area contributed by atoms with Crippen molar-refractivity contribution in [1.82, 2.24) is 47.0 Å². The van der Waals surface area contributed by atoms with E-state index in [9.17, 15) is 48.3 Å². The number of rotatable bonds is 12. The standard InChI is InChI=1S/C45H69N9O10S2/c1-7-27(4)38-43(62)50-32(23-28-12-14-29(55)15-13-28)40(59)51-33(22-26(2)3)45(64)54-19-9-11-35(54)42(61)49-31(17-21-66-6)44(63)53-18-8-10-34(53)41(60)47-24-36(56)48-30(16-20-65-5)39(58)46-25-37(57)52-38/h12-15,26-27,30-35,38,55H,7-11,16-25H2,1-6H3,(H,46,58)(H,47,60)(H,48,56)(H,49,61)(H,50,62)(H,51,59)(H,52,57)/t27-,30-,31-,32-,33-,34-,35-,38-/m0/s1. The van der Waals surface area contributed by atoms with Gasteiger partial charge in [0.1, 0.15) is 48.0 Å². The summed E-state index contributed by atoms with van der Waals surface area (Å²) in [5.74, 6) is -5.07. The van der Waals surface area contributed by atoms with Crippen LogP contribution in [0.1, 0.15) is 84.6 Å². The van der Waals surface area contributed by atoms with Crippen LogP contribution in [0.2, 0.25) is 0 Å². The zero-order valence-electron chi connectivity index (χ0n) is 38.9. The van der Waals surface area contributed by atoms with Gasteiger partial charge in [-0.25, -0.2) is 0 Å². The second-order valence-electron chi connectivity index (χ2n) is 17.6. The Balaban J connectivity index is 1.72. The van der Waals surface area contributed by atoms with Crippen molar-refractivity contribution in [2.24, 2.45) is 11.8 Å². The molecule has 1 aromatic rings. The first-order valence-corrected chi connectivity index (χ1v) is 25.7. The van der Waals surface area contributed by atoms with Crippen LogP contribution >= 0.6 is 23.5 Å². The van der Waals surface area contributed by atoms with Crippen molar-refractivity contribution in [3.8, 4) is 5.75 Å². The highest BCUT2D eigenvalue weighted by Crippen LogP contribution is 2.24. The fraction of sp³-hybridized carbons (Fsp3) is 0.667. The van der Waals surface area contributed by atoms with Gasteiger partial charge in [0.25, 0.3) is 0 Å². The number of nitrogens with one attached hydrogen (secondary N) is 7. The first kappa shape index (κ1) is 53.6. The maximum atomic E-state index is 14.5. The summed E-state index contributed by atoms with van der Waals surface area (Å²) in [5.41, 5.74) is 0.576. The third-order valence-electron chi connectivity index (χ3n) is 12.2. The van der Waals surface area contributed by atoms with E-state index in [0.29, 0.717) is 49.2 Å². The van der Waals surface area contributed by atoms with Gasteiger partial charge in [0.15, 0.2) is 0 Å². The fourth-order valence-electron chi connectivity index (χ4n) is 8.32. The maximum absolute atomic E-state index is 14.5. The first-order valence-electron chi connectivity index (χ1n) is 22.9. The number of amides is 9. The second-order valence-corrected chi connectivity index (χ2v) is 19.6. The van der Waals surface area contributed by atoms with E-state index in [1.807, 2.05) is 33.3 Å². The lowest BCUT2D eigenvalue weighted by Gasteiger charge is -2.32. The Morgan fingerprint density at radius 2 is 1.14 bits per heavy atom. The van der Waals surface area contributed by atoms with Gasteiger partial charge >= 0.3 is 0 Å². The largest absolute Gasteiger partial charge is 0.508 e. The molecule has 3 fully saturated rings. The zero-order valence-corrected chi connectivity index (χ0v) is 40.6. The Bertz CT molecular complexity index is 1890. The summed E-state index contributed by atoms with van der Waals surface area (Å²) in [6, 6.07) is -1.44. The Kier molecular flexibility index (Phi) is 21.4. The molecule has 0 aliphatic carbocycles. The van der Waals surface area contributed by atoms with Gasteiger partial charge in [0.05, 0.1) is 13.1 Å².